The van der Waals surface area contributed by atoms with Crippen LogP contribution in [-0.4, -0.2) is 41.5 Å². The molecule has 2 heterocycles. The van der Waals surface area contributed by atoms with Gasteiger partial charge < -0.3 is 20.1 Å². The van der Waals surface area contributed by atoms with Gasteiger partial charge in [-0.3, -0.25) is 9.48 Å². The Labute approximate surface area is 166 Å². The first-order valence-corrected chi connectivity index (χ1v) is 9.99. The van der Waals surface area contributed by atoms with Gasteiger partial charge in [0.25, 0.3) is 0 Å². The van der Waals surface area contributed by atoms with Crippen LogP contribution in [-0.2, 0) is 18.4 Å². The fourth-order valence-corrected chi connectivity index (χ4v) is 3.09. The minimum absolute atomic E-state index is 0.0798. The molecule has 1 aliphatic rings. The standard InChI is InChI=1S/C21H30N4O3/c1-4-15(2)23-20(26)8-9-22-13-17-14-25(3)24-21(17)16-6-7-18-19(12-16)28-11-5-10-27-18/h6-7,12,14-15,22H,4-5,8-11,13H2,1-3H3,(H,23,26). The van der Waals surface area contributed by atoms with Gasteiger partial charge in [-0.25, -0.2) is 0 Å². The van der Waals surface area contributed by atoms with E-state index in [2.05, 4.69) is 22.7 Å². The maximum absolute atomic E-state index is 11.9. The van der Waals surface area contributed by atoms with Gasteiger partial charge >= 0.3 is 0 Å². The van der Waals surface area contributed by atoms with E-state index >= 15 is 0 Å². The number of hydrogen-bond acceptors (Lipinski definition) is 5. The summed E-state index contributed by atoms with van der Waals surface area (Å²) in [4.78, 5) is 11.9. The molecule has 1 aromatic carbocycles. The molecule has 0 spiro atoms. The zero-order valence-corrected chi connectivity index (χ0v) is 17.0. The number of carbonyl (C=O) groups excluding carboxylic acids is 1. The van der Waals surface area contributed by atoms with Gasteiger partial charge in [-0.05, 0) is 31.5 Å². The maximum Gasteiger partial charge on any atom is 0.221 e. The molecule has 1 unspecified atom stereocenters. The fraction of sp³-hybridized carbons (Fsp3) is 0.524. The number of benzene rings is 1. The van der Waals surface area contributed by atoms with E-state index in [0.717, 1.165) is 41.2 Å². The molecule has 0 radical (unpaired) electrons. The Hall–Kier alpha value is -2.54. The van der Waals surface area contributed by atoms with E-state index in [1.54, 1.807) is 0 Å². The number of ether oxygens (including phenoxy) is 2. The molecule has 3 rings (SSSR count). The number of carbonyl (C=O) groups is 1. The monoisotopic (exact) mass is 386 g/mol. The molecule has 0 fully saturated rings. The van der Waals surface area contributed by atoms with Crippen molar-refractivity contribution in [1.29, 1.82) is 0 Å². The first-order chi connectivity index (χ1) is 13.6. The second-order valence-electron chi connectivity index (χ2n) is 7.19. The molecule has 0 saturated carbocycles. The highest BCUT2D eigenvalue weighted by Crippen LogP contribution is 2.34. The molecule has 1 amide bonds. The Kier molecular flexibility index (Phi) is 6.92. The summed E-state index contributed by atoms with van der Waals surface area (Å²) >= 11 is 0. The fourth-order valence-electron chi connectivity index (χ4n) is 3.09. The predicted molar refractivity (Wildman–Crippen MR) is 108 cm³/mol. The normalized spacial score (nSPS) is 14.4. The van der Waals surface area contributed by atoms with Gasteiger partial charge in [0.2, 0.25) is 5.91 Å². The molecule has 0 bridgehead atoms. The summed E-state index contributed by atoms with van der Waals surface area (Å²) in [6.07, 6.45) is 4.29. The molecule has 7 heteroatoms. The number of aryl methyl sites for hydroxylation is 1. The summed E-state index contributed by atoms with van der Waals surface area (Å²) in [6, 6.07) is 6.17. The second kappa shape index (κ2) is 9.59. The predicted octanol–water partition coefficient (Wildman–Crippen LogP) is 2.64. The number of nitrogens with zero attached hydrogens (tertiary/aromatic N) is 2. The molecule has 0 saturated heterocycles. The summed E-state index contributed by atoms with van der Waals surface area (Å²) in [7, 11) is 1.91. The van der Waals surface area contributed by atoms with Crippen molar-refractivity contribution in [3.63, 3.8) is 0 Å². The zero-order valence-electron chi connectivity index (χ0n) is 17.0. The van der Waals surface area contributed by atoms with Gasteiger partial charge in [-0.15, -0.1) is 0 Å². The third-order valence-corrected chi connectivity index (χ3v) is 4.79. The van der Waals surface area contributed by atoms with Gasteiger partial charge in [-0.2, -0.15) is 5.10 Å². The highest BCUT2D eigenvalue weighted by atomic mass is 16.5. The number of hydrogen-bond donors (Lipinski definition) is 2. The molecule has 28 heavy (non-hydrogen) atoms. The smallest absolute Gasteiger partial charge is 0.221 e. The highest BCUT2D eigenvalue weighted by Gasteiger charge is 2.15. The summed E-state index contributed by atoms with van der Waals surface area (Å²) in [6.45, 7) is 6.68. The molecular weight excluding hydrogens is 356 g/mol. The summed E-state index contributed by atoms with van der Waals surface area (Å²) in [5, 5.41) is 11.0. The Morgan fingerprint density at radius 2 is 2.07 bits per heavy atom. The third kappa shape index (κ3) is 5.25. The van der Waals surface area contributed by atoms with Crippen LogP contribution in [0.5, 0.6) is 11.5 Å². The van der Waals surface area contributed by atoms with E-state index in [-0.39, 0.29) is 11.9 Å². The van der Waals surface area contributed by atoms with Crippen molar-refractivity contribution in [3.8, 4) is 22.8 Å². The first-order valence-electron chi connectivity index (χ1n) is 9.99. The molecule has 1 aromatic heterocycles. The number of nitrogens with one attached hydrogen (secondary N) is 2. The Bertz CT molecular complexity index is 803. The number of aromatic nitrogens is 2. The highest BCUT2D eigenvalue weighted by molar-refractivity contribution is 5.76. The van der Waals surface area contributed by atoms with Crippen LogP contribution in [0.3, 0.4) is 0 Å². The van der Waals surface area contributed by atoms with Crippen LogP contribution >= 0.6 is 0 Å². The van der Waals surface area contributed by atoms with Crippen LogP contribution in [0, 0.1) is 0 Å². The van der Waals surface area contributed by atoms with E-state index in [0.29, 0.717) is 32.7 Å². The average molecular weight is 386 g/mol. The largest absolute Gasteiger partial charge is 0.490 e. The van der Waals surface area contributed by atoms with Gasteiger partial charge in [0, 0.05) is 56.3 Å². The Morgan fingerprint density at radius 1 is 1.29 bits per heavy atom. The van der Waals surface area contributed by atoms with Gasteiger partial charge in [0.1, 0.15) is 0 Å². The van der Waals surface area contributed by atoms with Crippen LogP contribution in [0.4, 0.5) is 0 Å². The summed E-state index contributed by atoms with van der Waals surface area (Å²) in [5.41, 5.74) is 2.99. The number of fused-ring (bicyclic) bond motifs is 1. The van der Waals surface area contributed by atoms with Crippen LogP contribution in [0.25, 0.3) is 11.3 Å². The lowest BCUT2D eigenvalue weighted by molar-refractivity contribution is -0.121. The average Bonchev–Trinajstić information content (AvgIpc) is 2.90. The molecule has 1 atom stereocenters. The number of amides is 1. The minimum atomic E-state index is 0.0798. The van der Waals surface area contributed by atoms with E-state index in [9.17, 15) is 4.79 Å². The van der Waals surface area contributed by atoms with Crippen LogP contribution < -0.4 is 20.1 Å². The van der Waals surface area contributed by atoms with Gasteiger partial charge in [0.15, 0.2) is 11.5 Å². The molecule has 2 aromatic rings. The SMILES string of the molecule is CCC(C)NC(=O)CCNCc1cn(C)nc1-c1ccc2c(c1)OCCCO2. The quantitative estimate of drug-likeness (QED) is 0.682. The zero-order chi connectivity index (χ0) is 19.9. The first kappa shape index (κ1) is 20.2. The van der Waals surface area contributed by atoms with Crippen molar-refractivity contribution < 1.29 is 14.3 Å². The third-order valence-electron chi connectivity index (χ3n) is 4.79. The van der Waals surface area contributed by atoms with E-state index < -0.39 is 0 Å². The topological polar surface area (TPSA) is 77.4 Å². The van der Waals surface area contributed by atoms with Crippen molar-refractivity contribution in [3.05, 3.63) is 30.0 Å². The summed E-state index contributed by atoms with van der Waals surface area (Å²) < 4.78 is 13.3. The van der Waals surface area contributed by atoms with Crippen LogP contribution in [0.1, 0.15) is 38.7 Å². The van der Waals surface area contributed by atoms with E-state index in [1.165, 1.54) is 0 Å². The van der Waals surface area contributed by atoms with Crippen LogP contribution in [0.2, 0.25) is 0 Å². The van der Waals surface area contributed by atoms with Crippen molar-refractivity contribution in [1.82, 2.24) is 20.4 Å². The summed E-state index contributed by atoms with van der Waals surface area (Å²) in [5.74, 6) is 1.63. The minimum Gasteiger partial charge on any atom is -0.490 e. The van der Waals surface area contributed by atoms with Crippen LogP contribution in [0.15, 0.2) is 24.4 Å². The molecular formula is C21H30N4O3. The molecule has 7 nitrogen and oxygen atoms in total. The molecule has 152 valence electrons. The lowest BCUT2D eigenvalue weighted by Crippen LogP contribution is -2.33. The lowest BCUT2D eigenvalue weighted by atomic mass is 10.1. The second-order valence-corrected chi connectivity index (χ2v) is 7.19. The van der Waals surface area contributed by atoms with Crippen molar-refractivity contribution >= 4 is 5.91 Å². The van der Waals surface area contributed by atoms with Gasteiger partial charge in [-0.1, -0.05) is 6.92 Å². The Morgan fingerprint density at radius 3 is 2.86 bits per heavy atom. The van der Waals surface area contributed by atoms with Crippen molar-refractivity contribution in [2.75, 3.05) is 19.8 Å². The van der Waals surface area contributed by atoms with E-state index in [4.69, 9.17) is 9.47 Å². The van der Waals surface area contributed by atoms with Crippen molar-refractivity contribution in [2.45, 2.75) is 45.7 Å². The maximum atomic E-state index is 11.9. The molecule has 0 aliphatic carbocycles. The molecule has 1 aliphatic heterocycles. The molecule has 2 N–H and O–H groups in total. The van der Waals surface area contributed by atoms with Gasteiger partial charge in [0.05, 0.1) is 18.9 Å². The van der Waals surface area contributed by atoms with E-state index in [1.807, 2.05) is 43.0 Å². The van der Waals surface area contributed by atoms with Crippen molar-refractivity contribution in [2.24, 2.45) is 7.05 Å². The Balaban J connectivity index is 1.62. The number of rotatable bonds is 8. The lowest BCUT2D eigenvalue weighted by Gasteiger charge is -2.12.